The van der Waals surface area contributed by atoms with E-state index in [2.05, 4.69) is 9.80 Å². The topological polar surface area (TPSA) is 40.6 Å². The lowest BCUT2D eigenvalue weighted by atomic mass is 9.73. The van der Waals surface area contributed by atoms with E-state index in [0.717, 1.165) is 83.0 Å². The Hall–Kier alpha value is -1.06. The lowest BCUT2D eigenvalue weighted by molar-refractivity contribution is -0.134. The molecule has 4 rings (SSSR count). The van der Waals surface area contributed by atoms with Gasteiger partial charge in [-0.15, -0.1) is 0 Å². The van der Waals surface area contributed by atoms with E-state index in [9.17, 15) is 9.59 Å². The van der Waals surface area contributed by atoms with Crippen LogP contribution < -0.4 is 0 Å². The van der Waals surface area contributed by atoms with Gasteiger partial charge in [0.05, 0.1) is 0 Å². The molecular weight excluding hydrogens is 324 g/mol. The van der Waals surface area contributed by atoms with Crippen molar-refractivity contribution in [1.29, 1.82) is 0 Å². The van der Waals surface area contributed by atoms with Crippen molar-refractivity contribution >= 4 is 11.8 Å². The average Bonchev–Trinajstić information content (AvgIpc) is 3.35. The number of piperidine rings is 1. The summed E-state index contributed by atoms with van der Waals surface area (Å²) in [5.74, 6) is 2.35. The molecule has 2 aliphatic heterocycles. The second kappa shape index (κ2) is 7.90. The number of hydrogen-bond acceptors (Lipinski definition) is 2. The molecule has 2 saturated carbocycles. The van der Waals surface area contributed by atoms with Crippen LogP contribution in [0, 0.1) is 17.3 Å². The highest BCUT2D eigenvalue weighted by Gasteiger charge is 2.39. The molecule has 4 heteroatoms. The van der Waals surface area contributed by atoms with Crippen LogP contribution in [-0.4, -0.2) is 47.8 Å². The standard InChI is InChI=1S/C22H36N2O2/c25-20(8-7-18-3-1-2-4-18)23-14-11-22(12-15-23)10-9-21(26)24(16-13-22)17-19-5-6-19/h18-19H,1-17H2. The van der Waals surface area contributed by atoms with Gasteiger partial charge in [-0.3, -0.25) is 9.59 Å². The Kier molecular flexibility index (Phi) is 5.56. The van der Waals surface area contributed by atoms with Crippen LogP contribution in [0.5, 0.6) is 0 Å². The first-order valence-corrected chi connectivity index (χ1v) is 11.2. The molecule has 4 fully saturated rings. The zero-order chi connectivity index (χ0) is 18.0. The van der Waals surface area contributed by atoms with Gasteiger partial charge in [-0.2, -0.15) is 0 Å². The number of hydrogen-bond donors (Lipinski definition) is 0. The number of rotatable bonds is 5. The third kappa shape index (κ3) is 4.43. The first-order valence-electron chi connectivity index (χ1n) is 11.2. The molecule has 2 saturated heterocycles. The van der Waals surface area contributed by atoms with Crippen LogP contribution in [0.25, 0.3) is 0 Å². The van der Waals surface area contributed by atoms with Gasteiger partial charge >= 0.3 is 0 Å². The summed E-state index contributed by atoms with van der Waals surface area (Å²) in [6.07, 6.45) is 15.0. The molecule has 2 heterocycles. The van der Waals surface area contributed by atoms with E-state index < -0.39 is 0 Å². The van der Waals surface area contributed by atoms with Crippen molar-refractivity contribution < 1.29 is 9.59 Å². The highest BCUT2D eigenvalue weighted by atomic mass is 16.2. The van der Waals surface area contributed by atoms with Crippen LogP contribution in [0.4, 0.5) is 0 Å². The molecule has 2 amide bonds. The molecule has 2 aliphatic carbocycles. The number of nitrogens with zero attached hydrogens (tertiary/aromatic N) is 2. The summed E-state index contributed by atoms with van der Waals surface area (Å²) in [5.41, 5.74) is 0.316. The van der Waals surface area contributed by atoms with Crippen LogP contribution in [0.2, 0.25) is 0 Å². The highest BCUT2D eigenvalue weighted by molar-refractivity contribution is 5.77. The number of likely N-dealkylation sites (tertiary alicyclic amines) is 2. The smallest absolute Gasteiger partial charge is 0.222 e. The fraction of sp³-hybridized carbons (Fsp3) is 0.909. The molecule has 0 radical (unpaired) electrons. The Balaban J connectivity index is 1.24. The second-order valence-corrected chi connectivity index (χ2v) is 9.60. The molecule has 1 spiro atoms. The zero-order valence-electron chi connectivity index (χ0n) is 16.4. The monoisotopic (exact) mass is 360 g/mol. The Labute approximate surface area is 158 Å². The Bertz CT molecular complexity index is 514. The maximum absolute atomic E-state index is 12.6. The molecule has 0 aromatic rings. The predicted octanol–water partition coefficient (Wildman–Crippen LogP) is 3.99. The first-order chi connectivity index (χ1) is 12.6. The van der Waals surface area contributed by atoms with Crippen LogP contribution in [0.15, 0.2) is 0 Å². The largest absolute Gasteiger partial charge is 0.343 e. The molecule has 0 aromatic carbocycles. The Morgan fingerprint density at radius 1 is 0.923 bits per heavy atom. The van der Waals surface area contributed by atoms with Crippen molar-refractivity contribution in [2.75, 3.05) is 26.2 Å². The van der Waals surface area contributed by atoms with Gasteiger partial charge in [0.1, 0.15) is 0 Å². The summed E-state index contributed by atoms with van der Waals surface area (Å²) in [4.78, 5) is 29.3. The van der Waals surface area contributed by atoms with Crippen LogP contribution >= 0.6 is 0 Å². The quantitative estimate of drug-likeness (QED) is 0.744. The summed E-state index contributed by atoms with van der Waals surface area (Å²) >= 11 is 0. The number of carbonyl (C=O) groups is 2. The molecule has 0 aromatic heterocycles. The minimum absolute atomic E-state index is 0.316. The van der Waals surface area contributed by atoms with Gasteiger partial charge in [0.25, 0.3) is 0 Å². The molecular formula is C22H36N2O2. The van der Waals surface area contributed by atoms with E-state index in [1.807, 2.05) is 0 Å². The van der Waals surface area contributed by atoms with Gasteiger partial charge in [-0.1, -0.05) is 25.7 Å². The van der Waals surface area contributed by atoms with Gasteiger partial charge in [0.2, 0.25) is 11.8 Å². The lowest BCUT2D eigenvalue weighted by Crippen LogP contribution is -2.43. The lowest BCUT2D eigenvalue weighted by Gasteiger charge is -2.41. The highest BCUT2D eigenvalue weighted by Crippen LogP contribution is 2.42. The Morgan fingerprint density at radius 2 is 1.62 bits per heavy atom. The minimum atomic E-state index is 0.316. The first kappa shape index (κ1) is 18.3. The molecule has 146 valence electrons. The summed E-state index contributed by atoms with van der Waals surface area (Å²) in [6.45, 7) is 3.78. The molecule has 0 atom stereocenters. The van der Waals surface area contributed by atoms with E-state index in [1.54, 1.807) is 0 Å². The van der Waals surface area contributed by atoms with Crippen LogP contribution in [-0.2, 0) is 9.59 Å². The predicted molar refractivity (Wildman–Crippen MR) is 103 cm³/mol. The summed E-state index contributed by atoms with van der Waals surface area (Å²) in [6, 6.07) is 0. The van der Waals surface area contributed by atoms with Gasteiger partial charge in [-0.05, 0) is 62.2 Å². The van der Waals surface area contributed by atoms with E-state index in [1.165, 1.54) is 38.5 Å². The van der Waals surface area contributed by atoms with Gasteiger partial charge < -0.3 is 9.80 Å². The number of amides is 2. The fourth-order valence-corrected chi connectivity index (χ4v) is 5.47. The van der Waals surface area contributed by atoms with Crippen molar-refractivity contribution in [1.82, 2.24) is 9.80 Å². The van der Waals surface area contributed by atoms with Crippen molar-refractivity contribution in [2.24, 2.45) is 17.3 Å². The van der Waals surface area contributed by atoms with E-state index in [4.69, 9.17) is 0 Å². The van der Waals surface area contributed by atoms with Crippen molar-refractivity contribution in [3.63, 3.8) is 0 Å². The molecule has 0 bridgehead atoms. The van der Waals surface area contributed by atoms with Gasteiger partial charge in [-0.25, -0.2) is 0 Å². The summed E-state index contributed by atoms with van der Waals surface area (Å²) < 4.78 is 0. The maximum Gasteiger partial charge on any atom is 0.222 e. The summed E-state index contributed by atoms with van der Waals surface area (Å²) in [7, 11) is 0. The van der Waals surface area contributed by atoms with Crippen LogP contribution in [0.1, 0.15) is 83.5 Å². The van der Waals surface area contributed by atoms with Crippen LogP contribution in [0.3, 0.4) is 0 Å². The SMILES string of the molecule is O=C(CCC1CCCC1)N1CCC2(CCC(=O)N(CC3CC3)CC2)CC1. The zero-order valence-corrected chi connectivity index (χ0v) is 16.4. The second-order valence-electron chi connectivity index (χ2n) is 9.60. The van der Waals surface area contributed by atoms with E-state index >= 15 is 0 Å². The molecule has 0 N–H and O–H groups in total. The fourth-order valence-electron chi connectivity index (χ4n) is 5.47. The van der Waals surface area contributed by atoms with Crippen molar-refractivity contribution in [2.45, 2.75) is 83.5 Å². The maximum atomic E-state index is 12.6. The van der Waals surface area contributed by atoms with E-state index in [0.29, 0.717) is 17.2 Å². The summed E-state index contributed by atoms with van der Waals surface area (Å²) in [5, 5.41) is 0. The molecule has 4 nitrogen and oxygen atoms in total. The third-order valence-electron chi connectivity index (χ3n) is 7.73. The molecule has 4 aliphatic rings. The minimum Gasteiger partial charge on any atom is -0.343 e. The van der Waals surface area contributed by atoms with Gasteiger partial charge in [0, 0.05) is 39.0 Å². The van der Waals surface area contributed by atoms with Crippen molar-refractivity contribution in [3.05, 3.63) is 0 Å². The Morgan fingerprint density at radius 3 is 2.31 bits per heavy atom. The normalized spacial score (nSPS) is 27.2. The van der Waals surface area contributed by atoms with E-state index in [-0.39, 0.29) is 0 Å². The molecule has 26 heavy (non-hydrogen) atoms. The van der Waals surface area contributed by atoms with Gasteiger partial charge in [0.15, 0.2) is 0 Å². The van der Waals surface area contributed by atoms with Crippen molar-refractivity contribution in [3.8, 4) is 0 Å². The average molecular weight is 361 g/mol. The molecule has 0 unspecified atom stereocenters. The third-order valence-corrected chi connectivity index (χ3v) is 7.73. The number of carbonyl (C=O) groups excluding carboxylic acids is 2.